The van der Waals surface area contributed by atoms with Crippen LogP contribution >= 0.6 is 11.8 Å². The number of amides is 1. The molecular weight excluding hydrogens is 408 g/mol. The molecule has 6 nitrogen and oxygen atoms in total. The minimum absolute atomic E-state index is 0.0996. The van der Waals surface area contributed by atoms with Crippen LogP contribution in [0.4, 0.5) is 5.69 Å². The monoisotopic (exact) mass is 436 g/mol. The quantitative estimate of drug-likeness (QED) is 0.553. The van der Waals surface area contributed by atoms with E-state index in [1.165, 1.54) is 4.90 Å². The second-order valence-electron chi connectivity index (χ2n) is 8.17. The van der Waals surface area contributed by atoms with Gasteiger partial charge >= 0.3 is 0 Å². The van der Waals surface area contributed by atoms with Crippen LogP contribution in [0.1, 0.15) is 18.2 Å². The summed E-state index contributed by atoms with van der Waals surface area (Å²) in [5.74, 6) is 1.31. The molecule has 0 aliphatic carbocycles. The molecule has 0 bridgehead atoms. The lowest BCUT2D eigenvalue weighted by Gasteiger charge is -2.27. The number of ether oxygens (including phenoxy) is 1. The number of nitrogens with zero attached hydrogens (tertiary/aromatic N) is 4. The van der Waals surface area contributed by atoms with Gasteiger partial charge in [-0.15, -0.1) is 11.8 Å². The standard InChI is InChI=1S/C24H28N4O2S/c1-31-20-6-4-5-19(16-20)28-17-18(15-23(28)29)24-25-21-7-2-3-8-22(21)27(24)10-9-26-11-13-30-14-12-26/h2-8,16,18H,9-15,17H2,1H3/t18-/m1/s1. The molecule has 0 saturated carbocycles. The molecule has 0 N–H and O–H groups in total. The molecule has 5 rings (SSSR count). The molecule has 1 amide bonds. The third-order valence-electron chi connectivity index (χ3n) is 6.28. The normalized spacial score (nSPS) is 20.1. The molecule has 3 heterocycles. The van der Waals surface area contributed by atoms with Gasteiger partial charge in [-0.1, -0.05) is 18.2 Å². The molecule has 3 aromatic rings. The minimum Gasteiger partial charge on any atom is -0.379 e. The number of thioether (sulfide) groups is 1. The number of carbonyl (C=O) groups excluding carboxylic acids is 1. The van der Waals surface area contributed by atoms with Gasteiger partial charge in [-0.2, -0.15) is 0 Å². The smallest absolute Gasteiger partial charge is 0.227 e. The third-order valence-corrected chi connectivity index (χ3v) is 7.01. The van der Waals surface area contributed by atoms with Crippen LogP contribution in [0.15, 0.2) is 53.4 Å². The van der Waals surface area contributed by atoms with E-state index >= 15 is 0 Å². The largest absolute Gasteiger partial charge is 0.379 e. The first-order valence-corrected chi connectivity index (χ1v) is 12.1. The third kappa shape index (κ3) is 4.22. The van der Waals surface area contributed by atoms with E-state index in [-0.39, 0.29) is 11.8 Å². The van der Waals surface area contributed by atoms with Crippen molar-refractivity contribution >= 4 is 34.4 Å². The highest BCUT2D eigenvalue weighted by Crippen LogP contribution is 2.34. The fourth-order valence-corrected chi connectivity index (χ4v) is 5.07. The number of benzene rings is 2. The maximum atomic E-state index is 12.9. The molecule has 2 saturated heterocycles. The zero-order chi connectivity index (χ0) is 21.2. The Morgan fingerprint density at radius 1 is 1.10 bits per heavy atom. The number of fused-ring (bicyclic) bond motifs is 1. The second-order valence-corrected chi connectivity index (χ2v) is 9.05. The van der Waals surface area contributed by atoms with E-state index in [1.54, 1.807) is 11.8 Å². The Labute approximate surface area is 187 Å². The average molecular weight is 437 g/mol. The van der Waals surface area contributed by atoms with Crippen molar-refractivity contribution < 1.29 is 9.53 Å². The predicted molar refractivity (Wildman–Crippen MR) is 125 cm³/mol. The number of anilines is 1. The Balaban J connectivity index is 1.42. The average Bonchev–Trinajstić information content (AvgIpc) is 3.39. The lowest BCUT2D eigenvalue weighted by molar-refractivity contribution is -0.117. The number of rotatable bonds is 6. The van der Waals surface area contributed by atoms with E-state index in [9.17, 15) is 4.79 Å². The van der Waals surface area contributed by atoms with E-state index in [4.69, 9.17) is 9.72 Å². The van der Waals surface area contributed by atoms with Gasteiger partial charge in [0.25, 0.3) is 0 Å². The van der Waals surface area contributed by atoms with Crippen molar-refractivity contribution in [3.8, 4) is 0 Å². The first-order chi connectivity index (χ1) is 15.2. The Bertz CT molecular complexity index is 1080. The summed E-state index contributed by atoms with van der Waals surface area (Å²) in [6, 6.07) is 16.6. The molecule has 31 heavy (non-hydrogen) atoms. The molecule has 1 atom stereocenters. The number of morpholine rings is 1. The molecule has 2 fully saturated rings. The number of imidazole rings is 1. The summed E-state index contributed by atoms with van der Waals surface area (Å²) in [5.41, 5.74) is 3.14. The number of aromatic nitrogens is 2. The van der Waals surface area contributed by atoms with Crippen LogP contribution in [-0.4, -0.2) is 66.0 Å². The lowest BCUT2D eigenvalue weighted by atomic mass is 10.1. The number of hydrogen-bond acceptors (Lipinski definition) is 5. The highest BCUT2D eigenvalue weighted by atomic mass is 32.2. The van der Waals surface area contributed by atoms with Crippen LogP contribution in [-0.2, 0) is 16.1 Å². The maximum Gasteiger partial charge on any atom is 0.227 e. The first kappa shape index (κ1) is 20.5. The lowest BCUT2D eigenvalue weighted by Crippen LogP contribution is -2.38. The van der Waals surface area contributed by atoms with Crippen molar-refractivity contribution in [2.24, 2.45) is 0 Å². The van der Waals surface area contributed by atoms with Crippen molar-refractivity contribution in [2.75, 3.05) is 50.5 Å². The number of para-hydroxylation sites is 2. The molecule has 7 heteroatoms. The zero-order valence-electron chi connectivity index (χ0n) is 17.9. The van der Waals surface area contributed by atoms with Crippen LogP contribution in [0.2, 0.25) is 0 Å². The van der Waals surface area contributed by atoms with Gasteiger partial charge in [-0.05, 0) is 36.6 Å². The molecular formula is C24H28N4O2S. The van der Waals surface area contributed by atoms with E-state index < -0.39 is 0 Å². The topological polar surface area (TPSA) is 50.6 Å². The fourth-order valence-electron chi connectivity index (χ4n) is 4.62. The van der Waals surface area contributed by atoms with Crippen LogP contribution < -0.4 is 4.90 Å². The maximum absolute atomic E-state index is 12.9. The summed E-state index contributed by atoms with van der Waals surface area (Å²) in [6.45, 7) is 6.08. The van der Waals surface area contributed by atoms with E-state index in [0.29, 0.717) is 13.0 Å². The molecule has 1 aromatic heterocycles. The van der Waals surface area contributed by atoms with Crippen molar-refractivity contribution in [1.82, 2.24) is 14.5 Å². The van der Waals surface area contributed by atoms with Crippen LogP contribution in [0.5, 0.6) is 0 Å². The summed E-state index contributed by atoms with van der Waals surface area (Å²) in [6.07, 6.45) is 2.56. The molecule has 2 aliphatic rings. The molecule has 0 spiro atoms. The SMILES string of the molecule is CSc1cccc(N2C[C@H](c3nc4ccccc4n3CCN3CCOCC3)CC2=O)c1. The van der Waals surface area contributed by atoms with Crippen molar-refractivity contribution in [3.05, 3.63) is 54.4 Å². The molecule has 0 radical (unpaired) electrons. The van der Waals surface area contributed by atoms with Crippen LogP contribution in [0, 0.1) is 0 Å². The van der Waals surface area contributed by atoms with Gasteiger partial charge < -0.3 is 14.2 Å². The van der Waals surface area contributed by atoms with Gasteiger partial charge in [-0.3, -0.25) is 9.69 Å². The van der Waals surface area contributed by atoms with Gasteiger partial charge in [0.1, 0.15) is 5.82 Å². The minimum atomic E-state index is 0.0996. The Kier molecular flexibility index (Phi) is 5.98. The zero-order valence-corrected chi connectivity index (χ0v) is 18.7. The molecule has 0 unspecified atom stereocenters. The highest BCUT2D eigenvalue weighted by Gasteiger charge is 2.35. The summed E-state index contributed by atoms with van der Waals surface area (Å²) in [5, 5.41) is 0. The van der Waals surface area contributed by atoms with E-state index in [2.05, 4.69) is 46.1 Å². The van der Waals surface area contributed by atoms with Gasteiger partial charge in [-0.25, -0.2) is 4.98 Å². The highest BCUT2D eigenvalue weighted by molar-refractivity contribution is 7.98. The summed E-state index contributed by atoms with van der Waals surface area (Å²) < 4.78 is 7.83. The van der Waals surface area contributed by atoms with Crippen molar-refractivity contribution in [1.29, 1.82) is 0 Å². The van der Waals surface area contributed by atoms with Gasteiger partial charge in [0, 0.05) is 55.6 Å². The Morgan fingerprint density at radius 3 is 2.77 bits per heavy atom. The van der Waals surface area contributed by atoms with Crippen molar-refractivity contribution in [2.45, 2.75) is 23.8 Å². The first-order valence-electron chi connectivity index (χ1n) is 10.9. The summed E-state index contributed by atoms with van der Waals surface area (Å²) in [4.78, 5) is 23.5. The van der Waals surface area contributed by atoms with Crippen LogP contribution in [0.25, 0.3) is 11.0 Å². The summed E-state index contributed by atoms with van der Waals surface area (Å²) in [7, 11) is 0. The Morgan fingerprint density at radius 2 is 1.94 bits per heavy atom. The van der Waals surface area contributed by atoms with Crippen molar-refractivity contribution in [3.63, 3.8) is 0 Å². The number of carbonyl (C=O) groups is 1. The summed E-state index contributed by atoms with van der Waals surface area (Å²) >= 11 is 1.70. The van der Waals surface area contributed by atoms with Crippen LogP contribution in [0.3, 0.4) is 0 Å². The molecule has 2 aliphatic heterocycles. The Hall–Kier alpha value is -2.35. The fraction of sp³-hybridized carbons (Fsp3) is 0.417. The van der Waals surface area contributed by atoms with E-state index in [0.717, 1.165) is 61.9 Å². The molecule has 2 aromatic carbocycles. The van der Waals surface area contributed by atoms with E-state index in [1.807, 2.05) is 23.1 Å². The number of hydrogen-bond donors (Lipinski definition) is 0. The van der Waals surface area contributed by atoms with Gasteiger partial charge in [0.15, 0.2) is 0 Å². The van der Waals surface area contributed by atoms with Gasteiger partial charge in [0.2, 0.25) is 5.91 Å². The van der Waals surface area contributed by atoms with Gasteiger partial charge in [0.05, 0.1) is 24.2 Å². The predicted octanol–water partition coefficient (Wildman–Crippen LogP) is 3.61. The second kappa shape index (κ2) is 9.02. The molecule has 162 valence electrons.